The van der Waals surface area contributed by atoms with Crippen molar-refractivity contribution in [3.63, 3.8) is 0 Å². The monoisotopic (exact) mass is 292 g/mol. The summed E-state index contributed by atoms with van der Waals surface area (Å²) in [5.41, 5.74) is 0.464. The minimum Gasteiger partial charge on any atom is -0.468 e. The van der Waals surface area contributed by atoms with Crippen LogP contribution >= 0.6 is 0 Å². The van der Waals surface area contributed by atoms with Gasteiger partial charge in [-0.15, -0.1) is 0 Å². The lowest BCUT2D eigenvalue weighted by atomic mass is 9.71. The third-order valence-corrected chi connectivity index (χ3v) is 5.05. The Morgan fingerprint density at radius 1 is 1.24 bits per heavy atom. The van der Waals surface area contributed by atoms with E-state index in [-0.39, 0.29) is 0 Å². The molecule has 0 radical (unpaired) electrons. The quantitative estimate of drug-likeness (QED) is 0.886. The van der Waals surface area contributed by atoms with Gasteiger partial charge in [-0.1, -0.05) is 20.8 Å². The minimum absolute atomic E-state index is 0.320. The standard InChI is InChI=1S/C18H32N2O/c1-18(2,3)14-8-10-15(11-9-14)19-13-16(20(4)5)17-7-6-12-21-17/h6-7,12,14-16,19H,8-11,13H2,1-5H3. The fourth-order valence-electron chi connectivity index (χ4n) is 3.46. The first kappa shape index (κ1) is 16.6. The van der Waals surface area contributed by atoms with Crippen molar-refractivity contribution in [3.8, 4) is 0 Å². The van der Waals surface area contributed by atoms with Gasteiger partial charge < -0.3 is 9.73 Å². The second-order valence-corrected chi connectivity index (χ2v) is 7.82. The number of furan rings is 1. The average Bonchev–Trinajstić information content (AvgIpc) is 2.92. The number of nitrogens with zero attached hydrogens (tertiary/aromatic N) is 1. The molecular formula is C18H32N2O. The van der Waals surface area contributed by atoms with Crippen LogP contribution in [0.1, 0.15) is 58.3 Å². The molecule has 3 nitrogen and oxygen atoms in total. The predicted octanol–water partition coefficient (Wildman–Crippen LogP) is 4.08. The van der Waals surface area contributed by atoms with Gasteiger partial charge in [0.05, 0.1) is 12.3 Å². The third kappa shape index (κ3) is 4.58. The molecule has 1 fully saturated rings. The molecule has 0 aromatic carbocycles. The van der Waals surface area contributed by atoms with Crippen LogP contribution < -0.4 is 5.32 Å². The van der Waals surface area contributed by atoms with Crippen molar-refractivity contribution in [3.05, 3.63) is 24.2 Å². The van der Waals surface area contributed by atoms with Crippen LogP contribution in [-0.2, 0) is 0 Å². The highest BCUT2D eigenvalue weighted by molar-refractivity contribution is 5.05. The molecule has 1 heterocycles. The molecule has 2 rings (SSSR count). The predicted molar refractivity (Wildman–Crippen MR) is 88.3 cm³/mol. The van der Waals surface area contributed by atoms with Gasteiger partial charge in [0.1, 0.15) is 5.76 Å². The zero-order valence-electron chi connectivity index (χ0n) is 14.4. The Bertz CT molecular complexity index is 397. The van der Waals surface area contributed by atoms with E-state index in [1.165, 1.54) is 25.7 Å². The molecule has 1 aromatic heterocycles. The smallest absolute Gasteiger partial charge is 0.122 e. The summed E-state index contributed by atoms with van der Waals surface area (Å²) in [6, 6.07) is 5.03. The Morgan fingerprint density at radius 3 is 2.38 bits per heavy atom. The van der Waals surface area contributed by atoms with Gasteiger partial charge in [-0.05, 0) is 63.2 Å². The zero-order chi connectivity index (χ0) is 15.5. The van der Waals surface area contributed by atoms with Crippen LogP contribution in [0.15, 0.2) is 22.8 Å². The number of hydrogen-bond acceptors (Lipinski definition) is 3. The van der Waals surface area contributed by atoms with Crippen molar-refractivity contribution in [1.29, 1.82) is 0 Å². The summed E-state index contributed by atoms with van der Waals surface area (Å²) < 4.78 is 5.58. The number of rotatable bonds is 5. The molecule has 0 aliphatic heterocycles. The summed E-state index contributed by atoms with van der Waals surface area (Å²) in [6.45, 7) is 8.10. The Morgan fingerprint density at radius 2 is 1.90 bits per heavy atom. The SMILES string of the molecule is CN(C)C(CNC1CCC(C(C)(C)C)CC1)c1ccco1. The number of likely N-dealkylation sites (N-methyl/N-ethyl adjacent to an activating group) is 1. The van der Waals surface area contributed by atoms with E-state index in [1.54, 1.807) is 6.26 Å². The van der Waals surface area contributed by atoms with Crippen LogP contribution in [0.5, 0.6) is 0 Å². The van der Waals surface area contributed by atoms with Crippen LogP contribution in [0, 0.1) is 11.3 Å². The highest BCUT2D eigenvalue weighted by Crippen LogP contribution is 2.37. The maximum absolute atomic E-state index is 5.58. The fourth-order valence-corrected chi connectivity index (χ4v) is 3.46. The Balaban J connectivity index is 1.81. The maximum atomic E-state index is 5.58. The first-order valence-corrected chi connectivity index (χ1v) is 8.31. The maximum Gasteiger partial charge on any atom is 0.122 e. The highest BCUT2D eigenvalue weighted by atomic mass is 16.3. The number of nitrogens with one attached hydrogen (secondary N) is 1. The normalized spacial score (nSPS) is 25.2. The summed E-state index contributed by atoms with van der Waals surface area (Å²) in [5, 5.41) is 3.76. The fraction of sp³-hybridized carbons (Fsp3) is 0.778. The van der Waals surface area contributed by atoms with E-state index in [0.29, 0.717) is 17.5 Å². The summed E-state index contributed by atoms with van der Waals surface area (Å²) >= 11 is 0. The molecule has 1 saturated carbocycles. The molecule has 0 spiro atoms. The van der Waals surface area contributed by atoms with Gasteiger partial charge >= 0.3 is 0 Å². The van der Waals surface area contributed by atoms with E-state index in [9.17, 15) is 0 Å². The van der Waals surface area contributed by atoms with Crippen molar-refractivity contribution in [2.24, 2.45) is 11.3 Å². The molecule has 1 aliphatic rings. The Kier molecular flexibility index (Phi) is 5.50. The molecule has 1 aromatic rings. The molecule has 1 unspecified atom stereocenters. The van der Waals surface area contributed by atoms with E-state index in [4.69, 9.17) is 4.42 Å². The molecule has 1 aliphatic carbocycles. The van der Waals surface area contributed by atoms with Crippen LogP contribution in [0.2, 0.25) is 0 Å². The van der Waals surface area contributed by atoms with Gasteiger partial charge in [-0.3, -0.25) is 4.90 Å². The molecule has 3 heteroatoms. The van der Waals surface area contributed by atoms with Gasteiger partial charge in [-0.2, -0.15) is 0 Å². The van der Waals surface area contributed by atoms with Gasteiger partial charge in [0.15, 0.2) is 0 Å². The van der Waals surface area contributed by atoms with Crippen LogP contribution in [0.4, 0.5) is 0 Å². The lowest BCUT2D eigenvalue weighted by molar-refractivity contribution is 0.154. The van der Waals surface area contributed by atoms with Crippen LogP contribution in [0.3, 0.4) is 0 Å². The number of hydrogen-bond donors (Lipinski definition) is 1. The third-order valence-electron chi connectivity index (χ3n) is 5.05. The van der Waals surface area contributed by atoms with E-state index in [2.05, 4.69) is 51.1 Å². The lowest BCUT2D eigenvalue weighted by Gasteiger charge is -2.37. The zero-order valence-corrected chi connectivity index (χ0v) is 14.4. The van der Waals surface area contributed by atoms with Crippen LogP contribution in [0.25, 0.3) is 0 Å². The Hall–Kier alpha value is -0.800. The molecule has 21 heavy (non-hydrogen) atoms. The average molecular weight is 292 g/mol. The summed E-state index contributed by atoms with van der Waals surface area (Å²) in [7, 11) is 4.23. The van der Waals surface area contributed by atoms with Crippen molar-refractivity contribution in [2.45, 2.75) is 58.5 Å². The van der Waals surface area contributed by atoms with Gasteiger partial charge in [-0.25, -0.2) is 0 Å². The molecule has 0 saturated heterocycles. The second-order valence-electron chi connectivity index (χ2n) is 7.82. The van der Waals surface area contributed by atoms with Gasteiger partial charge in [0.25, 0.3) is 0 Å². The highest BCUT2D eigenvalue weighted by Gasteiger charge is 2.30. The molecular weight excluding hydrogens is 260 g/mol. The topological polar surface area (TPSA) is 28.4 Å². The van der Waals surface area contributed by atoms with Gasteiger partial charge in [0.2, 0.25) is 0 Å². The second kappa shape index (κ2) is 6.97. The van der Waals surface area contributed by atoms with Crippen molar-refractivity contribution in [2.75, 3.05) is 20.6 Å². The first-order chi connectivity index (χ1) is 9.88. The lowest BCUT2D eigenvalue weighted by Crippen LogP contribution is -2.40. The van der Waals surface area contributed by atoms with Crippen molar-refractivity contribution in [1.82, 2.24) is 10.2 Å². The molecule has 0 bridgehead atoms. The van der Waals surface area contributed by atoms with Crippen molar-refractivity contribution >= 4 is 0 Å². The Labute approximate surface area is 130 Å². The molecule has 0 amide bonds. The van der Waals surface area contributed by atoms with E-state index < -0.39 is 0 Å². The van der Waals surface area contributed by atoms with E-state index in [1.807, 2.05) is 6.07 Å². The largest absolute Gasteiger partial charge is 0.468 e. The molecule has 120 valence electrons. The van der Waals surface area contributed by atoms with Crippen molar-refractivity contribution < 1.29 is 4.42 Å². The van der Waals surface area contributed by atoms with Gasteiger partial charge in [0, 0.05) is 12.6 Å². The summed E-state index contributed by atoms with van der Waals surface area (Å²) in [4.78, 5) is 2.23. The van der Waals surface area contributed by atoms with Crippen LogP contribution in [-0.4, -0.2) is 31.6 Å². The molecule has 1 N–H and O–H groups in total. The summed E-state index contributed by atoms with van der Waals surface area (Å²) in [6.07, 6.45) is 7.09. The summed E-state index contributed by atoms with van der Waals surface area (Å²) in [5.74, 6) is 1.93. The van der Waals surface area contributed by atoms with E-state index >= 15 is 0 Å². The minimum atomic E-state index is 0.320. The molecule has 1 atom stereocenters. The van der Waals surface area contributed by atoms with E-state index in [0.717, 1.165) is 18.2 Å². The first-order valence-electron chi connectivity index (χ1n) is 8.31.